The molecule has 0 bridgehead atoms. The number of carbonyl (C=O) groups excluding carboxylic acids is 1. The van der Waals surface area contributed by atoms with E-state index in [1.807, 2.05) is 57.4 Å². The van der Waals surface area contributed by atoms with Gasteiger partial charge in [-0.25, -0.2) is 4.79 Å². The molecule has 0 saturated carbocycles. The van der Waals surface area contributed by atoms with Gasteiger partial charge in [0.1, 0.15) is 18.4 Å². The van der Waals surface area contributed by atoms with E-state index in [1.165, 1.54) is 5.69 Å². The molecule has 0 aliphatic carbocycles. The molecule has 1 aromatic heterocycles. The summed E-state index contributed by atoms with van der Waals surface area (Å²) in [7, 11) is 4.02. The van der Waals surface area contributed by atoms with Crippen LogP contribution in [0.1, 0.15) is 34.6 Å². The van der Waals surface area contributed by atoms with Crippen LogP contribution in [0.25, 0.3) is 0 Å². The number of hydrogen-bond acceptors (Lipinski definition) is 4. The molecular weight excluding hydrogens is 274 g/mol. The lowest BCUT2D eigenvalue weighted by Crippen LogP contribution is -2.27. The van der Waals surface area contributed by atoms with Crippen LogP contribution >= 0.6 is 12.8 Å². The predicted molar refractivity (Wildman–Crippen MR) is 87.1 cm³/mol. The average molecular weight is 302 g/mol. The Bertz CT molecular complexity index is 373. The Morgan fingerprint density at radius 1 is 1.25 bits per heavy atom. The van der Waals surface area contributed by atoms with Gasteiger partial charge in [0.25, 0.3) is 0 Å². The summed E-state index contributed by atoms with van der Waals surface area (Å²) >= 11 is 4.10. The van der Waals surface area contributed by atoms with Crippen molar-refractivity contribution in [1.82, 2.24) is 0 Å². The minimum atomic E-state index is -0.725. The van der Waals surface area contributed by atoms with Gasteiger partial charge in [-0.3, -0.25) is 0 Å². The zero-order valence-corrected chi connectivity index (χ0v) is 14.4. The fraction of sp³-hybridized carbons (Fsp3) is 0.571. The molecule has 0 fully saturated rings. The first kappa shape index (κ1) is 20.9. The van der Waals surface area contributed by atoms with Crippen LogP contribution < -0.4 is 14.6 Å². The molecule has 0 saturated heterocycles. The van der Waals surface area contributed by atoms with Crippen LogP contribution in [0.5, 0.6) is 0 Å². The third-order valence-electron chi connectivity index (χ3n) is 1.72. The highest BCUT2D eigenvalue weighted by Gasteiger charge is 2.12. The highest BCUT2D eigenvalue weighted by molar-refractivity contribution is 7.73. The molecular formula is C14H28N3O2S+. The minimum Gasteiger partial charge on any atom is -0.444 e. The van der Waals surface area contributed by atoms with E-state index >= 15 is 0 Å². The zero-order valence-electron chi connectivity index (χ0n) is 13.5. The van der Waals surface area contributed by atoms with Crippen molar-refractivity contribution in [3.8, 4) is 0 Å². The van der Waals surface area contributed by atoms with Crippen LogP contribution in [0.3, 0.4) is 0 Å². The standard InChI is InChI=1S/C7H11N2S.C5H11NO2.C2H6/c1-8(2)7-3-5-9(10)6-4-7;1-5(2,3)8-4(6)7;1-2/h3-6,10H,1-2H3;1-3H3,(H2,6,7);1-2H3/q+1;;. The number of amides is 1. The molecule has 0 unspecified atom stereocenters. The van der Waals surface area contributed by atoms with Crippen LogP contribution in [-0.2, 0) is 4.74 Å². The normalized spacial score (nSPS) is 9.40. The van der Waals surface area contributed by atoms with Gasteiger partial charge in [0.15, 0.2) is 12.4 Å². The molecule has 2 N–H and O–H groups in total. The largest absolute Gasteiger partial charge is 0.444 e. The van der Waals surface area contributed by atoms with Crippen LogP contribution in [0.4, 0.5) is 10.5 Å². The summed E-state index contributed by atoms with van der Waals surface area (Å²) in [6.45, 7) is 9.28. The second-order valence-corrected chi connectivity index (χ2v) is 5.33. The first-order chi connectivity index (χ1) is 9.11. The van der Waals surface area contributed by atoms with E-state index in [2.05, 4.69) is 17.6 Å². The number of anilines is 1. The van der Waals surface area contributed by atoms with Crippen molar-refractivity contribution in [3.05, 3.63) is 24.5 Å². The van der Waals surface area contributed by atoms with Crippen molar-refractivity contribution < 1.29 is 13.5 Å². The van der Waals surface area contributed by atoms with E-state index in [9.17, 15) is 4.79 Å². The summed E-state index contributed by atoms with van der Waals surface area (Å²) in [6.07, 6.45) is 3.08. The van der Waals surface area contributed by atoms with Crippen LogP contribution in [0.2, 0.25) is 0 Å². The van der Waals surface area contributed by atoms with Crippen molar-refractivity contribution in [2.24, 2.45) is 5.73 Å². The monoisotopic (exact) mass is 302 g/mol. The molecule has 0 aromatic carbocycles. The van der Waals surface area contributed by atoms with E-state index < -0.39 is 11.7 Å². The maximum Gasteiger partial charge on any atom is 0.405 e. The van der Waals surface area contributed by atoms with Crippen molar-refractivity contribution >= 4 is 24.6 Å². The molecule has 116 valence electrons. The SMILES string of the molecule is CC.CC(C)(C)OC(N)=O.CN(C)c1cc[n+](S)cc1. The number of primary amides is 1. The summed E-state index contributed by atoms with van der Waals surface area (Å²) in [5.74, 6) is 0. The molecule has 0 aliphatic rings. The fourth-order valence-electron chi connectivity index (χ4n) is 1.01. The van der Waals surface area contributed by atoms with Gasteiger partial charge < -0.3 is 15.4 Å². The molecule has 20 heavy (non-hydrogen) atoms. The summed E-state index contributed by atoms with van der Waals surface area (Å²) in [4.78, 5) is 12.1. The summed E-state index contributed by atoms with van der Waals surface area (Å²) < 4.78 is 6.29. The molecule has 5 nitrogen and oxygen atoms in total. The van der Waals surface area contributed by atoms with E-state index in [1.54, 1.807) is 24.7 Å². The van der Waals surface area contributed by atoms with Gasteiger partial charge in [0.2, 0.25) is 0 Å². The van der Waals surface area contributed by atoms with Crippen molar-refractivity contribution in [2.45, 2.75) is 40.2 Å². The molecule has 6 heteroatoms. The molecule has 0 aliphatic heterocycles. The van der Waals surface area contributed by atoms with Gasteiger partial charge >= 0.3 is 6.09 Å². The Kier molecular flexibility index (Phi) is 10.8. The number of hydrogen-bond donors (Lipinski definition) is 2. The second-order valence-electron chi connectivity index (χ2n) is 4.86. The molecule has 1 heterocycles. The Morgan fingerprint density at radius 3 is 1.85 bits per heavy atom. The van der Waals surface area contributed by atoms with Gasteiger partial charge in [0, 0.05) is 31.9 Å². The maximum absolute atomic E-state index is 10.0. The van der Waals surface area contributed by atoms with Gasteiger partial charge in [-0.05, 0) is 20.8 Å². The second kappa shape index (κ2) is 10.4. The van der Waals surface area contributed by atoms with Crippen LogP contribution in [-0.4, -0.2) is 25.8 Å². The number of aromatic nitrogens is 1. The Balaban J connectivity index is 0. The van der Waals surface area contributed by atoms with E-state index in [-0.39, 0.29) is 0 Å². The number of pyridine rings is 1. The third-order valence-corrected chi connectivity index (χ3v) is 1.99. The number of ether oxygens (including phenoxy) is 1. The maximum atomic E-state index is 10.0. The van der Waals surface area contributed by atoms with Gasteiger partial charge in [-0.1, -0.05) is 13.8 Å². The lowest BCUT2D eigenvalue weighted by Gasteiger charge is -2.16. The van der Waals surface area contributed by atoms with E-state index in [4.69, 9.17) is 5.73 Å². The van der Waals surface area contributed by atoms with Crippen molar-refractivity contribution in [2.75, 3.05) is 19.0 Å². The van der Waals surface area contributed by atoms with E-state index in [0.717, 1.165) is 0 Å². The topological polar surface area (TPSA) is 59.4 Å². The van der Waals surface area contributed by atoms with Crippen molar-refractivity contribution in [1.29, 1.82) is 0 Å². The summed E-state index contributed by atoms with van der Waals surface area (Å²) in [6, 6.07) is 4.01. The average Bonchev–Trinajstić information content (AvgIpc) is 2.29. The summed E-state index contributed by atoms with van der Waals surface area (Å²) in [5, 5.41) is 0. The Hall–Kier alpha value is -1.43. The minimum absolute atomic E-state index is 0.453. The highest BCUT2D eigenvalue weighted by atomic mass is 32.1. The number of carbonyl (C=O) groups is 1. The Morgan fingerprint density at radius 2 is 1.65 bits per heavy atom. The van der Waals surface area contributed by atoms with Gasteiger partial charge in [0.05, 0.1) is 0 Å². The molecule has 1 amide bonds. The summed E-state index contributed by atoms with van der Waals surface area (Å²) in [5.41, 5.74) is 5.45. The first-order valence-corrected chi connectivity index (χ1v) is 6.88. The van der Waals surface area contributed by atoms with Crippen LogP contribution in [0.15, 0.2) is 24.5 Å². The third kappa shape index (κ3) is 13.0. The lowest BCUT2D eigenvalue weighted by atomic mass is 10.2. The van der Waals surface area contributed by atoms with Crippen LogP contribution in [0, 0.1) is 0 Å². The lowest BCUT2D eigenvalue weighted by molar-refractivity contribution is -0.489. The fourth-order valence-corrected chi connectivity index (χ4v) is 1.14. The quantitative estimate of drug-likeness (QED) is 0.619. The number of nitrogens with two attached hydrogens (primary N) is 1. The van der Waals surface area contributed by atoms with Gasteiger partial charge in [-0.15, -0.1) is 3.97 Å². The molecule has 1 rings (SSSR count). The smallest absolute Gasteiger partial charge is 0.405 e. The Labute approximate surface area is 128 Å². The number of rotatable bonds is 1. The highest BCUT2D eigenvalue weighted by Crippen LogP contribution is 2.05. The predicted octanol–water partition coefficient (Wildman–Crippen LogP) is 2.64. The number of nitrogens with zero attached hydrogens (tertiary/aromatic N) is 2. The van der Waals surface area contributed by atoms with E-state index in [0.29, 0.717) is 0 Å². The molecule has 0 spiro atoms. The van der Waals surface area contributed by atoms with Gasteiger partial charge in [-0.2, -0.15) is 0 Å². The molecule has 0 radical (unpaired) electrons. The molecule has 1 aromatic rings. The molecule has 0 atom stereocenters. The first-order valence-electron chi connectivity index (χ1n) is 6.48. The van der Waals surface area contributed by atoms with Crippen molar-refractivity contribution in [3.63, 3.8) is 0 Å². The number of thiol groups is 1. The zero-order chi connectivity index (χ0) is 16.3.